The van der Waals surface area contributed by atoms with Gasteiger partial charge in [-0.15, -0.1) is 0 Å². The van der Waals surface area contributed by atoms with E-state index in [4.69, 9.17) is 23.2 Å². The fraction of sp³-hybridized carbons (Fsp3) is 0.647. The first-order valence-corrected chi connectivity index (χ1v) is 8.56. The average Bonchev–Trinajstić information content (AvgIpc) is 2.45. The first-order valence-electron chi connectivity index (χ1n) is 7.81. The Bertz CT molecular complexity index is 433. The zero-order valence-electron chi connectivity index (χ0n) is 12.5. The maximum absolute atomic E-state index is 6.33. The third-order valence-corrected chi connectivity index (χ3v) is 5.23. The summed E-state index contributed by atoms with van der Waals surface area (Å²) in [5, 5.41) is 5.29. The van der Waals surface area contributed by atoms with Gasteiger partial charge in [-0.25, -0.2) is 0 Å². The van der Waals surface area contributed by atoms with Gasteiger partial charge in [0.2, 0.25) is 0 Å². The molecule has 1 N–H and O–H groups in total. The molecule has 1 saturated carbocycles. The van der Waals surface area contributed by atoms with E-state index in [9.17, 15) is 0 Å². The molecule has 0 aromatic heterocycles. The van der Waals surface area contributed by atoms with Gasteiger partial charge in [0.1, 0.15) is 0 Å². The monoisotopic (exact) mass is 313 g/mol. The SMILES string of the molecule is CCNC1CCC(CC)CC1Cc1cc(Cl)ccc1Cl. The fourth-order valence-electron chi connectivity index (χ4n) is 3.47. The van der Waals surface area contributed by atoms with Crippen molar-refractivity contribution in [2.45, 2.75) is 52.0 Å². The first kappa shape index (κ1) is 16.1. The molecule has 0 saturated heterocycles. The molecule has 1 aliphatic rings. The van der Waals surface area contributed by atoms with Crippen LogP contribution in [0, 0.1) is 11.8 Å². The molecule has 2 rings (SSSR count). The summed E-state index contributed by atoms with van der Waals surface area (Å²) in [6.45, 7) is 5.54. The number of nitrogens with one attached hydrogen (secondary N) is 1. The number of halogens is 2. The molecule has 1 nitrogen and oxygen atoms in total. The lowest BCUT2D eigenvalue weighted by atomic mass is 9.74. The van der Waals surface area contributed by atoms with Gasteiger partial charge in [-0.3, -0.25) is 0 Å². The van der Waals surface area contributed by atoms with Crippen molar-refractivity contribution in [1.82, 2.24) is 5.32 Å². The van der Waals surface area contributed by atoms with Crippen molar-refractivity contribution in [2.24, 2.45) is 11.8 Å². The Labute approximate surface area is 133 Å². The molecular weight excluding hydrogens is 289 g/mol. The van der Waals surface area contributed by atoms with Gasteiger partial charge in [-0.1, -0.05) is 43.5 Å². The van der Waals surface area contributed by atoms with E-state index in [1.807, 2.05) is 18.2 Å². The van der Waals surface area contributed by atoms with E-state index >= 15 is 0 Å². The number of hydrogen-bond donors (Lipinski definition) is 1. The summed E-state index contributed by atoms with van der Waals surface area (Å²) in [5.41, 5.74) is 1.20. The third kappa shape index (κ3) is 4.13. The highest BCUT2D eigenvalue weighted by molar-refractivity contribution is 6.33. The van der Waals surface area contributed by atoms with E-state index in [1.54, 1.807) is 0 Å². The smallest absolute Gasteiger partial charge is 0.0439 e. The summed E-state index contributed by atoms with van der Waals surface area (Å²) in [6, 6.07) is 6.44. The first-order chi connectivity index (χ1) is 9.63. The minimum absolute atomic E-state index is 0.623. The molecule has 0 spiro atoms. The molecule has 1 aliphatic carbocycles. The molecule has 3 heteroatoms. The molecule has 0 aliphatic heterocycles. The van der Waals surface area contributed by atoms with Crippen LogP contribution in [0.1, 0.15) is 45.1 Å². The molecule has 0 bridgehead atoms. The molecule has 20 heavy (non-hydrogen) atoms. The van der Waals surface area contributed by atoms with Crippen LogP contribution in [0.25, 0.3) is 0 Å². The highest BCUT2D eigenvalue weighted by atomic mass is 35.5. The normalized spacial score (nSPS) is 26.7. The van der Waals surface area contributed by atoms with Gasteiger partial charge < -0.3 is 5.32 Å². The minimum Gasteiger partial charge on any atom is -0.314 e. The largest absolute Gasteiger partial charge is 0.314 e. The van der Waals surface area contributed by atoms with Crippen LogP contribution in [0.15, 0.2) is 18.2 Å². The quantitative estimate of drug-likeness (QED) is 0.773. The summed E-state index contributed by atoms with van der Waals surface area (Å²) in [4.78, 5) is 0. The predicted molar refractivity (Wildman–Crippen MR) is 88.8 cm³/mol. The van der Waals surface area contributed by atoms with Crippen LogP contribution in [0.5, 0.6) is 0 Å². The number of benzene rings is 1. The molecule has 1 aromatic rings. The van der Waals surface area contributed by atoms with Crippen molar-refractivity contribution in [3.05, 3.63) is 33.8 Å². The summed E-state index contributed by atoms with van der Waals surface area (Å²) in [6.07, 6.45) is 6.27. The van der Waals surface area contributed by atoms with Crippen molar-refractivity contribution in [3.8, 4) is 0 Å². The van der Waals surface area contributed by atoms with Crippen LogP contribution in [0.2, 0.25) is 10.0 Å². The van der Waals surface area contributed by atoms with Gasteiger partial charge in [0, 0.05) is 16.1 Å². The second kappa shape index (κ2) is 7.68. The lowest BCUT2D eigenvalue weighted by Gasteiger charge is -2.36. The second-order valence-electron chi connectivity index (χ2n) is 5.95. The Morgan fingerprint density at radius 2 is 2.00 bits per heavy atom. The summed E-state index contributed by atoms with van der Waals surface area (Å²) >= 11 is 12.4. The molecule has 0 amide bonds. The van der Waals surface area contributed by atoms with Gasteiger partial charge in [0.15, 0.2) is 0 Å². The van der Waals surface area contributed by atoms with Crippen molar-refractivity contribution < 1.29 is 0 Å². The number of rotatable bonds is 5. The lowest BCUT2D eigenvalue weighted by Crippen LogP contribution is -2.41. The Kier molecular flexibility index (Phi) is 6.20. The average molecular weight is 314 g/mol. The highest BCUT2D eigenvalue weighted by Gasteiger charge is 2.29. The van der Waals surface area contributed by atoms with Crippen LogP contribution >= 0.6 is 23.2 Å². The van der Waals surface area contributed by atoms with Gasteiger partial charge >= 0.3 is 0 Å². The van der Waals surface area contributed by atoms with Crippen LogP contribution < -0.4 is 5.32 Å². The molecule has 112 valence electrons. The number of hydrogen-bond acceptors (Lipinski definition) is 1. The second-order valence-corrected chi connectivity index (χ2v) is 6.80. The molecule has 1 fully saturated rings. The van der Waals surface area contributed by atoms with Crippen molar-refractivity contribution in [2.75, 3.05) is 6.54 Å². The zero-order chi connectivity index (χ0) is 14.5. The molecule has 1 aromatic carbocycles. The maximum Gasteiger partial charge on any atom is 0.0439 e. The summed E-state index contributed by atoms with van der Waals surface area (Å²) in [7, 11) is 0. The summed E-state index contributed by atoms with van der Waals surface area (Å²) < 4.78 is 0. The Morgan fingerprint density at radius 3 is 2.70 bits per heavy atom. The van der Waals surface area contributed by atoms with Crippen LogP contribution in [0.4, 0.5) is 0 Å². The van der Waals surface area contributed by atoms with E-state index < -0.39 is 0 Å². The summed E-state index contributed by atoms with van der Waals surface area (Å²) in [5.74, 6) is 1.54. The highest BCUT2D eigenvalue weighted by Crippen LogP contribution is 2.35. The molecule has 3 atom stereocenters. The topological polar surface area (TPSA) is 12.0 Å². The molecule has 0 heterocycles. The fourth-order valence-corrected chi connectivity index (χ4v) is 3.86. The van der Waals surface area contributed by atoms with Gasteiger partial charge in [0.25, 0.3) is 0 Å². The van der Waals surface area contributed by atoms with E-state index in [0.29, 0.717) is 12.0 Å². The van der Waals surface area contributed by atoms with E-state index in [2.05, 4.69) is 19.2 Å². The Hall–Kier alpha value is -0.240. The zero-order valence-corrected chi connectivity index (χ0v) is 14.0. The Balaban J connectivity index is 2.11. The van der Waals surface area contributed by atoms with Crippen LogP contribution in [-0.4, -0.2) is 12.6 Å². The predicted octanol–water partition coefficient (Wildman–Crippen LogP) is 5.34. The van der Waals surface area contributed by atoms with Crippen LogP contribution in [0.3, 0.4) is 0 Å². The standard InChI is InChI=1S/C17H25Cl2N/c1-3-12-5-8-17(20-4-2)14(9-12)10-13-11-15(18)6-7-16(13)19/h6-7,11-12,14,17,20H,3-5,8-10H2,1-2H3. The van der Waals surface area contributed by atoms with E-state index in [0.717, 1.165) is 28.9 Å². The van der Waals surface area contributed by atoms with Crippen molar-refractivity contribution >= 4 is 23.2 Å². The van der Waals surface area contributed by atoms with E-state index in [-0.39, 0.29) is 0 Å². The van der Waals surface area contributed by atoms with Crippen LogP contribution in [-0.2, 0) is 6.42 Å². The van der Waals surface area contributed by atoms with Crippen molar-refractivity contribution in [3.63, 3.8) is 0 Å². The van der Waals surface area contributed by atoms with Gasteiger partial charge in [0.05, 0.1) is 0 Å². The molecular formula is C17H25Cl2N. The third-order valence-electron chi connectivity index (χ3n) is 4.62. The van der Waals surface area contributed by atoms with Gasteiger partial charge in [-0.2, -0.15) is 0 Å². The molecule has 3 unspecified atom stereocenters. The molecule has 0 radical (unpaired) electrons. The van der Waals surface area contributed by atoms with E-state index in [1.165, 1.54) is 31.2 Å². The van der Waals surface area contributed by atoms with Gasteiger partial charge in [-0.05, 0) is 67.8 Å². The maximum atomic E-state index is 6.33. The lowest BCUT2D eigenvalue weighted by molar-refractivity contribution is 0.200. The van der Waals surface area contributed by atoms with Crippen molar-refractivity contribution in [1.29, 1.82) is 0 Å². The minimum atomic E-state index is 0.623. The Morgan fingerprint density at radius 1 is 1.20 bits per heavy atom.